The number of ether oxygens (including phenoxy) is 1. The van der Waals surface area contributed by atoms with Crippen LogP contribution in [-0.4, -0.2) is 23.4 Å². The molecule has 2 heterocycles. The van der Waals surface area contributed by atoms with E-state index in [9.17, 15) is 9.59 Å². The number of aromatic nitrogens is 1. The molecule has 132 valence electrons. The second-order valence-corrected chi connectivity index (χ2v) is 6.52. The van der Waals surface area contributed by atoms with Crippen molar-refractivity contribution in [2.45, 2.75) is 12.5 Å². The number of carbonyl (C=O) groups is 2. The van der Waals surface area contributed by atoms with Crippen molar-refractivity contribution >= 4 is 23.2 Å². The number of thiophene rings is 1. The van der Waals surface area contributed by atoms with Crippen molar-refractivity contribution in [1.29, 1.82) is 0 Å². The van der Waals surface area contributed by atoms with Crippen molar-refractivity contribution in [2.24, 2.45) is 0 Å². The number of hydrogen-bond acceptors (Lipinski definition) is 5. The molecule has 0 spiro atoms. The molecule has 1 aromatic carbocycles. The van der Waals surface area contributed by atoms with E-state index in [1.807, 2.05) is 30.3 Å². The van der Waals surface area contributed by atoms with Gasteiger partial charge >= 0.3 is 5.97 Å². The zero-order valence-electron chi connectivity index (χ0n) is 14.0. The van der Waals surface area contributed by atoms with Crippen LogP contribution in [-0.2, 0) is 16.0 Å². The van der Waals surface area contributed by atoms with Crippen molar-refractivity contribution in [3.05, 3.63) is 88.4 Å². The van der Waals surface area contributed by atoms with Gasteiger partial charge in [-0.05, 0) is 35.6 Å². The van der Waals surface area contributed by atoms with E-state index >= 15 is 0 Å². The molecule has 0 aliphatic heterocycles. The quantitative estimate of drug-likeness (QED) is 0.651. The molecule has 1 atom stereocenters. The summed E-state index contributed by atoms with van der Waals surface area (Å²) in [4.78, 5) is 29.3. The maximum Gasteiger partial charge on any atom is 0.349 e. The summed E-state index contributed by atoms with van der Waals surface area (Å²) in [6, 6.07) is 16.6. The van der Waals surface area contributed by atoms with Crippen LogP contribution in [0.3, 0.4) is 0 Å². The van der Waals surface area contributed by atoms with Crippen molar-refractivity contribution in [3.63, 3.8) is 0 Å². The number of hydrogen-bond donors (Lipinski definition) is 1. The molecular formula is C20H18N2O3S. The number of pyridine rings is 1. The second-order valence-electron chi connectivity index (χ2n) is 5.57. The molecule has 1 N–H and O–H groups in total. The summed E-state index contributed by atoms with van der Waals surface area (Å²) in [5.74, 6) is -0.864. The molecule has 5 nitrogen and oxygen atoms in total. The third-order valence-corrected chi connectivity index (χ3v) is 4.60. The van der Waals surface area contributed by atoms with Crippen LogP contribution >= 0.6 is 11.3 Å². The van der Waals surface area contributed by atoms with Crippen molar-refractivity contribution < 1.29 is 14.3 Å². The van der Waals surface area contributed by atoms with Gasteiger partial charge in [0, 0.05) is 24.5 Å². The molecule has 3 rings (SSSR count). The van der Waals surface area contributed by atoms with Crippen LogP contribution in [0.25, 0.3) is 0 Å². The van der Waals surface area contributed by atoms with Gasteiger partial charge < -0.3 is 10.1 Å². The molecule has 0 saturated heterocycles. The predicted molar refractivity (Wildman–Crippen MR) is 99.9 cm³/mol. The highest BCUT2D eigenvalue weighted by Crippen LogP contribution is 2.20. The van der Waals surface area contributed by atoms with E-state index in [2.05, 4.69) is 10.3 Å². The Bertz CT molecular complexity index is 836. The molecule has 2 aromatic heterocycles. The molecule has 0 fully saturated rings. The monoisotopic (exact) mass is 366 g/mol. The molecule has 3 aromatic rings. The Hall–Kier alpha value is -2.99. The maximum atomic E-state index is 12.6. The van der Waals surface area contributed by atoms with Crippen LogP contribution in [0.15, 0.2) is 72.4 Å². The van der Waals surface area contributed by atoms with Gasteiger partial charge in [0.2, 0.25) is 6.10 Å². The number of amides is 1. The summed E-state index contributed by atoms with van der Waals surface area (Å²) in [5, 5.41) is 4.64. The lowest BCUT2D eigenvalue weighted by atomic mass is 10.1. The van der Waals surface area contributed by atoms with Gasteiger partial charge in [0.15, 0.2) is 0 Å². The Morgan fingerprint density at radius 1 is 1.04 bits per heavy atom. The zero-order chi connectivity index (χ0) is 18.2. The van der Waals surface area contributed by atoms with Crippen molar-refractivity contribution in [2.75, 3.05) is 6.54 Å². The third kappa shape index (κ3) is 4.77. The van der Waals surface area contributed by atoms with Gasteiger partial charge in [-0.15, -0.1) is 11.3 Å². The smallest absolute Gasteiger partial charge is 0.349 e. The number of esters is 1. The molecule has 0 aliphatic rings. The highest BCUT2D eigenvalue weighted by atomic mass is 32.1. The van der Waals surface area contributed by atoms with E-state index in [4.69, 9.17) is 4.74 Å². The summed E-state index contributed by atoms with van der Waals surface area (Å²) in [5.41, 5.74) is 1.71. The minimum absolute atomic E-state index is 0.350. The Labute approximate surface area is 155 Å². The molecule has 1 amide bonds. The Morgan fingerprint density at radius 3 is 2.50 bits per heavy atom. The van der Waals surface area contributed by atoms with Crippen LogP contribution in [0.1, 0.15) is 26.9 Å². The molecule has 0 radical (unpaired) electrons. The Balaban J connectivity index is 1.66. The lowest BCUT2D eigenvalue weighted by Crippen LogP contribution is -2.33. The van der Waals surface area contributed by atoms with E-state index in [-0.39, 0.29) is 5.91 Å². The second kappa shape index (κ2) is 8.92. The topological polar surface area (TPSA) is 68.3 Å². The fourth-order valence-electron chi connectivity index (χ4n) is 2.44. The average Bonchev–Trinajstić information content (AvgIpc) is 3.22. The van der Waals surface area contributed by atoms with Crippen molar-refractivity contribution in [1.82, 2.24) is 10.3 Å². The molecule has 6 heteroatoms. The molecule has 0 aliphatic carbocycles. The van der Waals surface area contributed by atoms with E-state index in [1.54, 1.807) is 42.0 Å². The van der Waals surface area contributed by atoms with Gasteiger partial charge in [0.1, 0.15) is 4.88 Å². The van der Waals surface area contributed by atoms with Crippen LogP contribution in [0, 0.1) is 0 Å². The first-order valence-corrected chi connectivity index (χ1v) is 9.08. The summed E-state index contributed by atoms with van der Waals surface area (Å²) >= 11 is 1.28. The van der Waals surface area contributed by atoms with Gasteiger partial charge in [-0.3, -0.25) is 9.78 Å². The van der Waals surface area contributed by atoms with Gasteiger partial charge in [0.25, 0.3) is 5.91 Å². The maximum absolute atomic E-state index is 12.6. The van der Waals surface area contributed by atoms with E-state index in [0.717, 1.165) is 5.56 Å². The standard InChI is InChI=1S/C20H18N2O3S/c23-19(22-13-8-15-5-2-1-3-6-15)18(16-9-11-21-12-10-16)25-20(24)17-7-4-14-26-17/h1-7,9-12,14,18H,8,13H2,(H,22,23)/t18-/m0/s1. The highest BCUT2D eigenvalue weighted by molar-refractivity contribution is 7.11. The number of rotatable bonds is 7. The minimum atomic E-state index is -1.01. The normalized spacial score (nSPS) is 11.5. The van der Waals surface area contributed by atoms with Crippen LogP contribution < -0.4 is 5.32 Å². The summed E-state index contributed by atoms with van der Waals surface area (Å²) in [6.45, 7) is 0.459. The molecular weight excluding hydrogens is 348 g/mol. The van der Waals surface area contributed by atoms with E-state index < -0.39 is 12.1 Å². The first kappa shape index (κ1) is 17.8. The van der Waals surface area contributed by atoms with Gasteiger partial charge in [0.05, 0.1) is 0 Å². The third-order valence-electron chi connectivity index (χ3n) is 3.75. The fraction of sp³-hybridized carbons (Fsp3) is 0.150. The summed E-state index contributed by atoms with van der Waals surface area (Å²) < 4.78 is 5.48. The molecule has 26 heavy (non-hydrogen) atoms. The first-order valence-electron chi connectivity index (χ1n) is 8.20. The Morgan fingerprint density at radius 2 is 1.81 bits per heavy atom. The largest absolute Gasteiger partial charge is 0.443 e. The van der Waals surface area contributed by atoms with Crippen molar-refractivity contribution in [3.8, 4) is 0 Å². The molecule has 0 saturated carbocycles. The van der Waals surface area contributed by atoms with Gasteiger partial charge in [-0.1, -0.05) is 36.4 Å². The number of nitrogens with one attached hydrogen (secondary N) is 1. The molecule has 0 unspecified atom stereocenters. The summed E-state index contributed by atoms with van der Waals surface area (Å²) in [7, 11) is 0. The lowest BCUT2D eigenvalue weighted by Gasteiger charge is -2.17. The highest BCUT2D eigenvalue weighted by Gasteiger charge is 2.25. The zero-order valence-corrected chi connectivity index (χ0v) is 14.8. The fourth-order valence-corrected chi connectivity index (χ4v) is 3.04. The van der Waals surface area contributed by atoms with Crippen LogP contribution in [0.4, 0.5) is 0 Å². The number of nitrogens with zero attached hydrogens (tertiary/aromatic N) is 1. The molecule has 0 bridgehead atoms. The number of benzene rings is 1. The van der Waals surface area contributed by atoms with Gasteiger partial charge in [-0.25, -0.2) is 4.79 Å². The van der Waals surface area contributed by atoms with Gasteiger partial charge in [-0.2, -0.15) is 0 Å². The Kier molecular flexibility index (Phi) is 6.11. The van der Waals surface area contributed by atoms with E-state index in [1.165, 1.54) is 11.3 Å². The first-order chi connectivity index (χ1) is 12.7. The lowest BCUT2D eigenvalue weighted by molar-refractivity contribution is -0.130. The summed E-state index contributed by atoms with van der Waals surface area (Å²) in [6.07, 6.45) is 2.83. The van der Waals surface area contributed by atoms with Crippen LogP contribution in [0.2, 0.25) is 0 Å². The minimum Gasteiger partial charge on any atom is -0.443 e. The van der Waals surface area contributed by atoms with Crippen LogP contribution in [0.5, 0.6) is 0 Å². The predicted octanol–water partition coefficient (Wildman–Crippen LogP) is 3.40. The average molecular weight is 366 g/mol. The number of carbonyl (C=O) groups excluding carboxylic acids is 2. The van der Waals surface area contributed by atoms with E-state index in [0.29, 0.717) is 23.4 Å². The SMILES string of the molecule is O=C(O[C@H](C(=O)NCCc1ccccc1)c1ccncc1)c1cccs1.